The first-order valence-corrected chi connectivity index (χ1v) is 10.9. The lowest BCUT2D eigenvalue weighted by molar-refractivity contribution is 0.249. The molecule has 0 aliphatic carbocycles. The topological polar surface area (TPSA) is 71.1 Å². The Morgan fingerprint density at radius 1 is 0.844 bits per heavy atom. The van der Waals surface area contributed by atoms with Gasteiger partial charge in [-0.05, 0) is 29.7 Å². The van der Waals surface area contributed by atoms with Crippen LogP contribution >= 0.6 is 0 Å². The summed E-state index contributed by atoms with van der Waals surface area (Å²) in [4.78, 5) is 28.9. The number of benzene rings is 2. The van der Waals surface area contributed by atoms with Crippen LogP contribution in [0.2, 0.25) is 0 Å². The average molecular weight is 436 g/mol. The number of hydrogen-bond donors (Lipinski definition) is 1. The molecular formula is C25H29N3O4. The summed E-state index contributed by atoms with van der Waals surface area (Å²) < 4.78 is 10.6. The summed E-state index contributed by atoms with van der Waals surface area (Å²) in [6.45, 7) is 4.65. The van der Waals surface area contributed by atoms with E-state index in [0.29, 0.717) is 35.8 Å². The summed E-state index contributed by atoms with van der Waals surface area (Å²) in [5.74, 6) is 1.36. The SMILES string of the molecule is COc1ccc(CCNc2c(N3CCN(Cc4ccccc4)CC3)c(=O)c2=O)cc1OC. The standard InChI is InChI=1S/C25H29N3O4/c1-31-20-9-8-18(16-21(20)32-2)10-11-26-22-23(25(30)24(22)29)28-14-12-27(13-15-28)17-19-6-4-3-5-7-19/h3-9,16,26H,10-15,17H2,1-2H3. The van der Waals surface area contributed by atoms with E-state index in [4.69, 9.17) is 9.47 Å². The first kappa shape index (κ1) is 21.9. The van der Waals surface area contributed by atoms with Crippen LogP contribution in [-0.4, -0.2) is 51.8 Å². The molecule has 1 saturated heterocycles. The lowest BCUT2D eigenvalue weighted by Crippen LogP contribution is -2.51. The van der Waals surface area contributed by atoms with Crippen molar-refractivity contribution >= 4 is 11.4 Å². The zero-order valence-corrected chi connectivity index (χ0v) is 18.6. The summed E-state index contributed by atoms with van der Waals surface area (Å²) in [5.41, 5.74) is 2.54. The molecule has 0 amide bonds. The van der Waals surface area contributed by atoms with Gasteiger partial charge >= 0.3 is 0 Å². The molecule has 4 rings (SSSR count). The third-order valence-corrected chi connectivity index (χ3v) is 5.99. The van der Waals surface area contributed by atoms with Gasteiger partial charge in [-0.3, -0.25) is 14.5 Å². The summed E-state index contributed by atoms with van der Waals surface area (Å²) in [7, 11) is 3.21. The number of rotatable bonds is 9. The van der Waals surface area contributed by atoms with Crippen molar-refractivity contribution in [2.75, 3.05) is 57.2 Å². The molecule has 1 aliphatic rings. The smallest absolute Gasteiger partial charge is 0.253 e. The lowest BCUT2D eigenvalue weighted by atomic mass is 10.1. The number of piperazine rings is 1. The number of hydrogen-bond acceptors (Lipinski definition) is 7. The van der Waals surface area contributed by atoms with Gasteiger partial charge in [0, 0.05) is 39.3 Å². The molecule has 1 aliphatic heterocycles. The van der Waals surface area contributed by atoms with Gasteiger partial charge in [-0.15, -0.1) is 0 Å². The fourth-order valence-corrected chi connectivity index (χ4v) is 4.18. The van der Waals surface area contributed by atoms with Crippen LogP contribution in [0.15, 0.2) is 58.1 Å². The van der Waals surface area contributed by atoms with Gasteiger partial charge in [0.2, 0.25) is 0 Å². The highest BCUT2D eigenvalue weighted by atomic mass is 16.5. The van der Waals surface area contributed by atoms with E-state index in [1.54, 1.807) is 14.2 Å². The van der Waals surface area contributed by atoms with Crippen molar-refractivity contribution in [3.05, 3.63) is 80.1 Å². The van der Waals surface area contributed by atoms with Gasteiger partial charge in [0.15, 0.2) is 11.5 Å². The summed E-state index contributed by atoms with van der Waals surface area (Å²) >= 11 is 0. The van der Waals surface area contributed by atoms with Crippen LogP contribution in [0.3, 0.4) is 0 Å². The van der Waals surface area contributed by atoms with Gasteiger partial charge in [-0.2, -0.15) is 0 Å². The molecular weight excluding hydrogens is 406 g/mol. The first-order valence-electron chi connectivity index (χ1n) is 10.9. The predicted molar refractivity (Wildman–Crippen MR) is 127 cm³/mol. The maximum Gasteiger partial charge on any atom is 0.253 e. The van der Waals surface area contributed by atoms with Crippen molar-refractivity contribution in [3.8, 4) is 11.5 Å². The zero-order valence-electron chi connectivity index (χ0n) is 18.6. The second kappa shape index (κ2) is 9.87. The molecule has 7 heteroatoms. The molecule has 7 nitrogen and oxygen atoms in total. The molecule has 0 radical (unpaired) electrons. The summed E-state index contributed by atoms with van der Waals surface area (Å²) in [5, 5.41) is 3.19. The van der Waals surface area contributed by atoms with Gasteiger partial charge in [0.05, 0.1) is 14.2 Å². The molecule has 0 aromatic heterocycles. The number of methoxy groups -OCH3 is 2. The third-order valence-electron chi connectivity index (χ3n) is 5.99. The van der Waals surface area contributed by atoms with Gasteiger partial charge in [0.25, 0.3) is 10.9 Å². The van der Waals surface area contributed by atoms with Gasteiger partial charge in [-0.25, -0.2) is 0 Å². The Labute approximate surface area is 187 Å². The Kier molecular flexibility index (Phi) is 6.75. The molecule has 0 bridgehead atoms. The molecule has 3 aromatic rings. The van der Waals surface area contributed by atoms with E-state index in [2.05, 4.69) is 34.5 Å². The van der Waals surface area contributed by atoms with Crippen LogP contribution in [-0.2, 0) is 13.0 Å². The number of nitrogens with one attached hydrogen (secondary N) is 1. The molecule has 0 spiro atoms. The molecule has 1 N–H and O–H groups in total. The second-order valence-corrected chi connectivity index (χ2v) is 8.00. The minimum Gasteiger partial charge on any atom is -0.493 e. The van der Waals surface area contributed by atoms with Gasteiger partial charge in [-0.1, -0.05) is 36.4 Å². The van der Waals surface area contributed by atoms with Crippen LogP contribution in [0.25, 0.3) is 0 Å². The highest BCUT2D eigenvalue weighted by Crippen LogP contribution is 2.28. The van der Waals surface area contributed by atoms with E-state index in [9.17, 15) is 9.59 Å². The average Bonchev–Trinajstić information content (AvgIpc) is 2.84. The molecule has 3 aromatic carbocycles. The molecule has 32 heavy (non-hydrogen) atoms. The van der Waals surface area contributed by atoms with Gasteiger partial charge < -0.3 is 19.7 Å². The minimum atomic E-state index is -0.418. The van der Waals surface area contributed by atoms with Crippen molar-refractivity contribution in [2.24, 2.45) is 0 Å². The van der Waals surface area contributed by atoms with Crippen LogP contribution in [0.5, 0.6) is 11.5 Å². The Morgan fingerprint density at radius 2 is 1.56 bits per heavy atom. The fraction of sp³-hybridized carbons (Fsp3) is 0.360. The quantitative estimate of drug-likeness (QED) is 0.517. The van der Waals surface area contributed by atoms with Crippen molar-refractivity contribution in [1.29, 1.82) is 0 Å². The lowest BCUT2D eigenvalue weighted by Gasteiger charge is -2.37. The molecule has 168 valence electrons. The van der Waals surface area contributed by atoms with Crippen molar-refractivity contribution in [2.45, 2.75) is 13.0 Å². The first-order chi connectivity index (χ1) is 15.6. The Balaban J connectivity index is 1.33. The van der Waals surface area contributed by atoms with Crippen molar-refractivity contribution in [3.63, 3.8) is 0 Å². The van der Waals surface area contributed by atoms with E-state index >= 15 is 0 Å². The highest BCUT2D eigenvalue weighted by Gasteiger charge is 2.28. The predicted octanol–water partition coefficient (Wildman–Crippen LogP) is 2.28. The van der Waals surface area contributed by atoms with E-state index in [-0.39, 0.29) is 5.43 Å². The van der Waals surface area contributed by atoms with Crippen molar-refractivity contribution in [1.82, 2.24) is 4.90 Å². The summed E-state index contributed by atoms with van der Waals surface area (Å²) in [6, 6.07) is 16.1. The monoisotopic (exact) mass is 435 g/mol. The zero-order chi connectivity index (χ0) is 22.5. The second-order valence-electron chi connectivity index (χ2n) is 8.00. The van der Waals surface area contributed by atoms with Crippen molar-refractivity contribution < 1.29 is 9.47 Å². The summed E-state index contributed by atoms with van der Waals surface area (Å²) in [6.07, 6.45) is 0.698. The van der Waals surface area contributed by atoms with Crippen LogP contribution in [0.4, 0.5) is 11.4 Å². The van der Waals surface area contributed by atoms with Crippen LogP contribution < -0.4 is 30.5 Å². The van der Waals surface area contributed by atoms with E-state index < -0.39 is 5.43 Å². The largest absolute Gasteiger partial charge is 0.493 e. The molecule has 0 unspecified atom stereocenters. The molecule has 0 saturated carbocycles. The minimum absolute atomic E-state index is 0.380. The maximum absolute atomic E-state index is 12.3. The number of anilines is 2. The highest BCUT2D eigenvalue weighted by molar-refractivity contribution is 5.75. The van der Waals surface area contributed by atoms with Crippen LogP contribution in [0.1, 0.15) is 11.1 Å². The number of ether oxygens (including phenoxy) is 2. The Bertz CT molecular complexity index is 1110. The Hall–Kier alpha value is -3.32. The molecule has 1 fully saturated rings. The molecule has 0 atom stereocenters. The number of nitrogens with zero attached hydrogens (tertiary/aromatic N) is 2. The maximum atomic E-state index is 12.3. The van der Waals surface area contributed by atoms with E-state index in [1.807, 2.05) is 29.2 Å². The van der Waals surface area contributed by atoms with E-state index in [0.717, 1.165) is 38.3 Å². The molecule has 1 heterocycles. The Morgan fingerprint density at radius 3 is 2.25 bits per heavy atom. The van der Waals surface area contributed by atoms with Gasteiger partial charge in [0.1, 0.15) is 11.4 Å². The van der Waals surface area contributed by atoms with Crippen LogP contribution in [0, 0.1) is 0 Å². The van der Waals surface area contributed by atoms with E-state index in [1.165, 1.54) is 5.56 Å². The third kappa shape index (κ3) is 4.62. The normalized spacial score (nSPS) is 14.5. The fourth-order valence-electron chi connectivity index (χ4n) is 4.18.